The Labute approximate surface area is 111 Å². The zero-order chi connectivity index (χ0) is 13.1. The summed E-state index contributed by atoms with van der Waals surface area (Å²) in [5.74, 6) is 1.57. The van der Waals surface area contributed by atoms with Gasteiger partial charge in [0.15, 0.2) is 0 Å². The number of nitrogens with zero attached hydrogens (tertiary/aromatic N) is 2. The Morgan fingerprint density at radius 1 is 1.39 bits per heavy atom. The minimum absolute atomic E-state index is 0.530. The number of nitrogens with two attached hydrogens (primary N) is 1. The molecule has 0 radical (unpaired) electrons. The zero-order valence-electron chi connectivity index (χ0n) is 10.5. The van der Waals surface area contributed by atoms with Gasteiger partial charge in [-0.05, 0) is 18.7 Å². The number of methoxy groups -OCH3 is 1. The number of para-hydroxylation sites is 1. The molecule has 5 heteroatoms. The molecule has 4 nitrogen and oxygen atoms in total. The molecule has 2 aromatic rings. The second-order valence-corrected chi connectivity index (χ2v) is 4.33. The summed E-state index contributed by atoms with van der Waals surface area (Å²) >= 11 is 6.24. The molecule has 0 amide bonds. The SMILES string of the molecule is COc1ccccc1-c1nc(CCN)c(Cl)n1C. The predicted octanol–water partition coefficient (Wildman–Crippen LogP) is 2.25. The lowest BCUT2D eigenvalue weighted by Gasteiger charge is -2.07. The van der Waals surface area contributed by atoms with Gasteiger partial charge in [0.25, 0.3) is 0 Å². The molecule has 0 aliphatic rings. The average molecular weight is 266 g/mol. The summed E-state index contributed by atoms with van der Waals surface area (Å²) in [4.78, 5) is 4.55. The molecule has 0 aliphatic carbocycles. The molecule has 0 saturated carbocycles. The second-order valence-electron chi connectivity index (χ2n) is 3.97. The number of hydrogen-bond donors (Lipinski definition) is 1. The summed E-state index contributed by atoms with van der Waals surface area (Å²) in [6.45, 7) is 0.530. The quantitative estimate of drug-likeness (QED) is 0.923. The molecular formula is C13H16ClN3O. The molecule has 0 fully saturated rings. The highest BCUT2D eigenvalue weighted by molar-refractivity contribution is 6.30. The van der Waals surface area contributed by atoms with Gasteiger partial charge in [-0.2, -0.15) is 0 Å². The van der Waals surface area contributed by atoms with Gasteiger partial charge in [0.2, 0.25) is 0 Å². The molecule has 1 heterocycles. The Bertz CT molecular complexity index is 551. The van der Waals surface area contributed by atoms with Crippen molar-refractivity contribution in [3.63, 3.8) is 0 Å². The average Bonchev–Trinajstić information content (AvgIpc) is 2.67. The number of halogens is 1. The Morgan fingerprint density at radius 3 is 2.78 bits per heavy atom. The molecule has 2 rings (SSSR count). The van der Waals surface area contributed by atoms with Crippen LogP contribution < -0.4 is 10.5 Å². The van der Waals surface area contributed by atoms with Crippen LogP contribution in [0.15, 0.2) is 24.3 Å². The van der Waals surface area contributed by atoms with Crippen LogP contribution in [0.2, 0.25) is 5.15 Å². The monoisotopic (exact) mass is 265 g/mol. The van der Waals surface area contributed by atoms with Gasteiger partial charge in [-0.25, -0.2) is 4.98 Å². The molecule has 1 aromatic heterocycles. The maximum Gasteiger partial charge on any atom is 0.144 e. The molecule has 2 N–H and O–H groups in total. The van der Waals surface area contributed by atoms with Crippen LogP contribution in [0, 0.1) is 0 Å². The van der Waals surface area contributed by atoms with E-state index in [2.05, 4.69) is 4.98 Å². The van der Waals surface area contributed by atoms with Gasteiger partial charge in [-0.3, -0.25) is 0 Å². The van der Waals surface area contributed by atoms with Crippen molar-refractivity contribution in [2.75, 3.05) is 13.7 Å². The van der Waals surface area contributed by atoms with Gasteiger partial charge < -0.3 is 15.0 Å². The number of benzene rings is 1. The van der Waals surface area contributed by atoms with Gasteiger partial charge in [0, 0.05) is 13.5 Å². The van der Waals surface area contributed by atoms with E-state index in [1.165, 1.54) is 0 Å². The van der Waals surface area contributed by atoms with E-state index in [-0.39, 0.29) is 0 Å². The fraction of sp³-hybridized carbons (Fsp3) is 0.308. The molecule has 0 spiro atoms. The van der Waals surface area contributed by atoms with Crippen LogP contribution in [0.1, 0.15) is 5.69 Å². The van der Waals surface area contributed by atoms with Crippen LogP contribution in [-0.4, -0.2) is 23.2 Å². The molecule has 0 bridgehead atoms. The first-order valence-corrected chi connectivity index (χ1v) is 6.11. The first-order chi connectivity index (χ1) is 8.69. The molecule has 18 heavy (non-hydrogen) atoms. The summed E-state index contributed by atoms with van der Waals surface area (Å²) in [5, 5.41) is 0.626. The lowest BCUT2D eigenvalue weighted by molar-refractivity contribution is 0.416. The largest absolute Gasteiger partial charge is 0.496 e. The molecule has 0 aliphatic heterocycles. The number of hydrogen-bond acceptors (Lipinski definition) is 3. The molecule has 0 unspecified atom stereocenters. The number of imidazole rings is 1. The van der Waals surface area contributed by atoms with E-state index in [1.54, 1.807) is 7.11 Å². The molecule has 0 saturated heterocycles. The van der Waals surface area contributed by atoms with Crippen molar-refractivity contribution >= 4 is 11.6 Å². The lowest BCUT2D eigenvalue weighted by Crippen LogP contribution is -2.03. The van der Waals surface area contributed by atoms with Gasteiger partial charge in [0.05, 0.1) is 18.4 Å². The van der Waals surface area contributed by atoms with E-state index in [9.17, 15) is 0 Å². The molecule has 96 valence electrons. The van der Waals surface area contributed by atoms with Crippen molar-refractivity contribution in [2.24, 2.45) is 12.8 Å². The molecule has 1 aromatic carbocycles. The van der Waals surface area contributed by atoms with E-state index >= 15 is 0 Å². The smallest absolute Gasteiger partial charge is 0.144 e. The first kappa shape index (κ1) is 12.9. The van der Waals surface area contributed by atoms with E-state index < -0.39 is 0 Å². The maximum atomic E-state index is 6.24. The fourth-order valence-electron chi connectivity index (χ4n) is 1.90. The third-order valence-corrected chi connectivity index (χ3v) is 3.29. The van der Waals surface area contributed by atoms with E-state index in [0.29, 0.717) is 18.1 Å². The maximum absolute atomic E-state index is 6.24. The first-order valence-electron chi connectivity index (χ1n) is 5.73. The van der Waals surface area contributed by atoms with E-state index in [0.717, 1.165) is 22.8 Å². The van der Waals surface area contributed by atoms with Gasteiger partial charge in [0.1, 0.15) is 16.7 Å². The van der Waals surface area contributed by atoms with Crippen molar-refractivity contribution in [2.45, 2.75) is 6.42 Å². The second kappa shape index (κ2) is 5.42. The normalized spacial score (nSPS) is 10.7. The van der Waals surface area contributed by atoms with Crippen LogP contribution >= 0.6 is 11.6 Å². The fourth-order valence-corrected chi connectivity index (χ4v) is 2.12. The van der Waals surface area contributed by atoms with Crippen LogP contribution in [0.4, 0.5) is 0 Å². The van der Waals surface area contributed by atoms with Gasteiger partial charge in [-0.15, -0.1) is 0 Å². The van der Waals surface area contributed by atoms with Crippen LogP contribution in [-0.2, 0) is 13.5 Å². The minimum atomic E-state index is 0.530. The van der Waals surface area contributed by atoms with Crippen molar-refractivity contribution in [1.82, 2.24) is 9.55 Å². The third kappa shape index (κ3) is 2.21. The zero-order valence-corrected chi connectivity index (χ0v) is 11.2. The number of aromatic nitrogens is 2. The Morgan fingerprint density at radius 2 is 2.11 bits per heavy atom. The third-order valence-electron chi connectivity index (χ3n) is 2.82. The molecular weight excluding hydrogens is 250 g/mol. The highest BCUT2D eigenvalue weighted by Crippen LogP contribution is 2.31. The molecule has 0 atom stereocenters. The van der Waals surface area contributed by atoms with Gasteiger partial charge >= 0.3 is 0 Å². The van der Waals surface area contributed by atoms with Crippen molar-refractivity contribution in [3.8, 4) is 17.1 Å². The van der Waals surface area contributed by atoms with Crippen LogP contribution in [0.3, 0.4) is 0 Å². The Kier molecular flexibility index (Phi) is 3.89. The summed E-state index contributed by atoms with van der Waals surface area (Å²) in [7, 11) is 3.53. The van der Waals surface area contributed by atoms with Crippen LogP contribution in [0.25, 0.3) is 11.4 Å². The Balaban J connectivity index is 2.54. The van der Waals surface area contributed by atoms with Crippen molar-refractivity contribution in [1.29, 1.82) is 0 Å². The summed E-state index contributed by atoms with van der Waals surface area (Å²) in [5.41, 5.74) is 7.30. The number of ether oxygens (including phenoxy) is 1. The lowest BCUT2D eigenvalue weighted by atomic mass is 10.2. The number of rotatable bonds is 4. The summed E-state index contributed by atoms with van der Waals surface area (Å²) in [6.07, 6.45) is 0.668. The van der Waals surface area contributed by atoms with Crippen LogP contribution in [0.5, 0.6) is 5.75 Å². The van der Waals surface area contributed by atoms with E-state index in [4.69, 9.17) is 22.1 Å². The van der Waals surface area contributed by atoms with Crippen molar-refractivity contribution < 1.29 is 4.74 Å². The standard InChI is InChI=1S/C13H16ClN3O/c1-17-12(14)10(7-8-15)16-13(17)9-5-3-4-6-11(9)18-2/h3-6H,7-8,15H2,1-2H3. The van der Waals surface area contributed by atoms with E-state index in [1.807, 2.05) is 35.9 Å². The highest BCUT2D eigenvalue weighted by atomic mass is 35.5. The van der Waals surface area contributed by atoms with Crippen molar-refractivity contribution in [3.05, 3.63) is 35.1 Å². The topological polar surface area (TPSA) is 53.1 Å². The highest BCUT2D eigenvalue weighted by Gasteiger charge is 2.16. The Hall–Kier alpha value is -1.52. The summed E-state index contributed by atoms with van der Waals surface area (Å²) < 4.78 is 7.19. The minimum Gasteiger partial charge on any atom is -0.496 e. The van der Waals surface area contributed by atoms with Gasteiger partial charge in [-0.1, -0.05) is 23.7 Å². The summed E-state index contributed by atoms with van der Waals surface area (Å²) in [6, 6.07) is 7.74. The predicted molar refractivity (Wildman–Crippen MR) is 73.0 cm³/mol.